The molecular weight excluding hydrogens is 453 g/mol. The van der Waals surface area contributed by atoms with E-state index in [2.05, 4.69) is 36.6 Å². The molecule has 0 saturated heterocycles. The summed E-state index contributed by atoms with van der Waals surface area (Å²) in [5.41, 5.74) is 0.145. The fraction of sp³-hybridized carbons (Fsp3) is 0. The third-order valence-electron chi connectivity index (χ3n) is 2.33. The average Bonchev–Trinajstić information content (AvgIpc) is 2.76. The largest absolute Gasteiger partial charge is 0.477 e. The highest BCUT2D eigenvalue weighted by Crippen LogP contribution is 2.34. The monoisotopic (exact) mass is 457 g/mol. The van der Waals surface area contributed by atoms with E-state index in [-0.39, 0.29) is 23.7 Å². The van der Waals surface area contributed by atoms with Gasteiger partial charge in [0.15, 0.2) is 0 Å². The molecule has 0 atom stereocenters. The molecule has 1 aromatic heterocycles. The number of hydrogen-bond acceptors (Lipinski definition) is 4. The van der Waals surface area contributed by atoms with Crippen LogP contribution in [-0.2, 0) is 10.0 Å². The van der Waals surface area contributed by atoms with Gasteiger partial charge in [-0.3, -0.25) is 4.72 Å². The summed E-state index contributed by atoms with van der Waals surface area (Å²) < 4.78 is 40.2. The molecule has 0 fully saturated rings. The van der Waals surface area contributed by atoms with E-state index in [1.807, 2.05) is 0 Å². The summed E-state index contributed by atoms with van der Waals surface area (Å²) in [6.45, 7) is 0. The molecule has 0 aliphatic heterocycles. The second-order valence-electron chi connectivity index (χ2n) is 3.78. The van der Waals surface area contributed by atoms with Gasteiger partial charge in [-0.2, -0.15) is 0 Å². The van der Waals surface area contributed by atoms with Gasteiger partial charge in [0.2, 0.25) is 0 Å². The summed E-state index contributed by atoms with van der Waals surface area (Å²) in [5, 5.41) is 8.88. The minimum Gasteiger partial charge on any atom is -0.477 e. The first kappa shape index (κ1) is 16.4. The minimum atomic E-state index is -3.99. The van der Waals surface area contributed by atoms with Crippen LogP contribution in [0.3, 0.4) is 0 Å². The summed E-state index contributed by atoms with van der Waals surface area (Å²) >= 11 is 6.87. The molecule has 2 N–H and O–H groups in total. The highest BCUT2D eigenvalue weighted by atomic mass is 79.9. The zero-order valence-electron chi connectivity index (χ0n) is 9.93. The second-order valence-corrected chi connectivity index (χ2v) is 8.66. The number of hydrogen-bond donors (Lipinski definition) is 2. The lowest BCUT2D eigenvalue weighted by atomic mass is 10.3. The summed E-state index contributed by atoms with van der Waals surface area (Å²) in [6, 6.07) is 4.53. The van der Waals surface area contributed by atoms with Crippen LogP contribution in [-0.4, -0.2) is 19.5 Å². The van der Waals surface area contributed by atoms with E-state index in [4.69, 9.17) is 5.11 Å². The van der Waals surface area contributed by atoms with Crippen LogP contribution in [0.1, 0.15) is 9.67 Å². The van der Waals surface area contributed by atoms with Gasteiger partial charge in [0.25, 0.3) is 10.0 Å². The van der Waals surface area contributed by atoms with E-state index >= 15 is 0 Å². The van der Waals surface area contributed by atoms with Crippen molar-refractivity contribution in [2.75, 3.05) is 4.72 Å². The number of sulfonamides is 1. The Labute approximate surface area is 140 Å². The number of aromatic carboxylic acids is 1. The van der Waals surface area contributed by atoms with Crippen molar-refractivity contribution in [3.63, 3.8) is 0 Å². The highest BCUT2D eigenvalue weighted by Gasteiger charge is 2.24. The number of halogens is 3. The van der Waals surface area contributed by atoms with E-state index in [1.165, 1.54) is 6.07 Å². The lowest BCUT2D eigenvalue weighted by molar-refractivity contribution is 0.0702. The van der Waals surface area contributed by atoms with Crippen LogP contribution in [0.5, 0.6) is 0 Å². The fourth-order valence-electron chi connectivity index (χ4n) is 1.41. The summed E-state index contributed by atoms with van der Waals surface area (Å²) in [6.07, 6.45) is 0. The molecule has 0 bridgehead atoms. The van der Waals surface area contributed by atoms with Gasteiger partial charge in [-0.25, -0.2) is 17.6 Å². The predicted octanol–water partition coefficient (Wildman–Crippen LogP) is 3.91. The number of carboxylic acids is 1. The van der Waals surface area contributed by atoms with Crippen molar-refractivity contribution in [3.05, 3.63) is 43.2 Å². The fourth-order valence-corrected chi connectivity index (χ4v) is 5.48. The summed E-state index contributed by atoms with van der Waals surface area (Å²) in [4.78, 5) is 10.6. The molecule has 0 aliphatic carbocycles. The van der Waals surface area contributed by atoms with E-state index in [1.54, 1.807) is 0 Å². The standard InChI is InChI=1S/C11H6Br2FNO4S2/c12-6-3-5(14)1-2-7(6)15-21(18,19)9-4-8(11(16)17)20-10(9)13/h1-4,15H,(H,16,17). The number of nitrogens with one attached hydrogen (secondary N) is 1. The third-order valence-corrected chi connectivity index (χ3v) is 6.59. The second kappa shape index (κ2) is 6.03. The Balaban J connectivity index is 2.41. The molecule has 0 radical (unpaired) electrons. The average molecular weight is 459 g/mol. The van der Waals surface area contributed by atoms with Gasteiger partial charge in [-0.15, -0.1) is 11.3 Å². The third kappa shape index (κ3) is 3.62. The molecule has 0 unspecified atom stereocenters. The van der Waals surface area contributed by atoms with E-state index in [0.717, 1.165) is 29.5 Å². The Morgan fingerprint density at radius 2 is 1.95 bits per heavy atom. The van der Waals surface area contributed by atoms with Crippen molar-refractivity contribution in [2.24, 2.45) is 0 Å². The molecule has 10 heteroatoms. The Morgan fingerprint density at radius 1 is 1.29 bits per heavy atom. The molecule has 1 aromatic carbocycles. The Morgan fingerprint density at radius 3 is 2.48 bits per heavy atom. The summed E-state index contributed by atoms with van der Waals surface area (Å²) in [5.74, 6) is -1.74. The number of thiophene rings is 1. The van der Waals surface area contributed by atoms with Gasteiger partial charge in [-0.05, 0) is 56.1 Å². The van der Waals surface area contributed by atoms with Crippen molar-refractivity contribution in [1.82, 2.24) is 0 Å². The zero-order valence-corrected chi connectivity index (χ0v) is 14.7. The highest BCUT2D eigenvalue weighted by molar-refractivity contribution is 9.11. The quantitative estimate of drug-likeness (QED) is 0.727. The molecule has 112 valence electrons. The Kier molecular flexibility index (Phi) is 4.71. The van der Waals surface area contributed by atoms with Crippen LogP contribution in [0.2, 0.25) is 0 Å². The van der Waals surface area contributed by atoms with Gasteiger partial charge in [0.05, 0.1) is 9.47 Å². The number of benzene rings is 1. The molecule has 1 heterocycles. The first-order valence-electron chi connectivity index (χ1n) is 5.21. The lowest BCUT2D eigenvalue weighted by Gasteiger charge is -2.09. The smallest absolute Gasteiger partial charge is 0.345 e. The Bertz CT molecular complexity index is 820. The molecule has 2 aromatic rings. The lowest BCUT2D eigenvalue weighted by Crippen LogP contribution is -2.13. The predicted molar refractivity (Wildman–Crippen MR) is 83.9 cm³/mol. The van der Waals surface area contributed by atoms with Gasteiger partial charge >= 0.3 is 5.97 Å². The van der Waals surface area contributed by atoms with Gasteiger partial charge in [0, 0.05) is 4.47 Å². The van der Waals surface area contributed by atoms with Crippen molar-refractivity contribution in [3.8, 4) is 0 Å². The van der Waals surface area contributed by atoms with Gasteiger partial charge < -0.3 is 5.11 Å². The summed E-state index contributed by atoms with van der Waals surface area (Å²) in [7, 11) is -3.99. The van der Waals surface area contributed by atoms with Crippen LogP contribution < -0.4 is 4.72 Å². The van der Waals surface area contributed by atoms with Crippen LogP contribution >= 0.6 is 43.2 Å². The van der Waals surface area contributed by atoms with Gasteiger partial charge in [-0.1, -0.05) is 0 Å². The van der Waals surface area contributed by atoms with Crippen molar-refractivity contribution >= 4 is 64.9 Å². The maximum absolute atomic E-state index is 13.0. The van der Waals surface area contributed by atoms with Crippen molar-refractivity contribution < 1.29 is 22.7 Å². The zero-order chi connectivity index (χ0) is 15.8. The maximum atomic E-state index is 13.0. The minimum absolute atomic E-state index is 0.111. The SMILES string of the molecule is O=C(O)c1cc(S(=O)(=O)Nc2ccc(F)cc2Br)c(Br)s1. The van der Waals surface area contributed by atoms with Crippen molar-refractivity contribution in [1.29, 1.82) is 0 Å². The molecule has 5 nitrogen and oxygen atoms in total. The first-order valence-corrected chi connectivity index (χ1v) is 9.10. The van der Waals surface area contributed by atoms with Crippen LogP contribution in [0.25, 0.3) is 0 Å². The topological polar surface area (TPSA) is 83.5 Å². The Hall–Kier alpha value is -0.970. The number of anilines is 1. The molecule has 21 heavy (non-hydrogen) atoms. The van der Waals surface area contributed by atoms with E-state index in [9.17, 15) is 17.6 Å². The maximum Gasteiger partial charge on any atom is 0.345 e. The molecule has 0 saturated carbocycles. The molecule has 2 rings (SSSR count). The van der Waals surface area contributed by atoms with Crippen LogP contribution in [0.4, 0.5) is 10.1 Å². The van der Waals surface area contributed by atoms with Crippen LogP contribution in [0, 0.1) is 5.82 Å². The molecule has 0 amide bonds. The van der Waals surface area contributed by atoms with E-state index < -0.39 is 21.8 Å². The number of carboxylic acid groups (broad SMARTS) is 1. The van der Waals surface area contributed by atoms with Crippen LogP contribution in [0.15, 0.2) is 37.4 Å². The number of carbonyl (C=O) groups is 1. The molecule has 0 spiro atoms. The van der Waals surface area contributed by atoms with Gasteiger partial charge in [0.1, 0.15) is 15.6 Å². The molecular formula is C11H6Br2FNO4S2. The normalized spacial score (nSPS) is 11.4. The molecule has 0 aliphatic rings. The number of rotatable bonds is 4. The van der Waals surface area contributed by atoms with Crippen molar-refractivity contribution in [2.45, 2.75) is 4.90 Å². The first-order chi connectivity index (χ1) is 9.70. The van der Waals surface area contributed by atoms with E-state index in [0.29, 0.717) is 0 Å².